The lowest BCUT2D eigenvalue weighted by Gasteiger charge is -2.35. The van der Waals surface area contributed by atoms with Gasteiger partial charge in [-0.25, -0.2) is 0 Å². The van der Waals surface area contributed by atoms with Crippen LogP contribution < -0.4 is 43.4 Å². The van der Waals surface area contributed by atoms with Gasteiger partial charge < -0.3 is 43.4 Å². The Morgan fingerprint density at radius 2 is 1.43 bits per heavy atom. The summed E-state index contributed by atoms with van der Waals surface area (Å²) in [5.41, 5.74) is 19.0. The van der Waals surface area contributed by atoms with Crippen molar-refractivity contribution in [2.45, 2.75) is 83.2 Å². The van der Waals surface area contributed by atoms with Crippen molar-refractivity contribution in [1.82, 2.24) is 30.7 Å². The van der Waals surface area contributed by atoms with Crippen molar-refractivity contribution >= 4 is 52.6 Å². The van der Waals surface area contributed by atoms with E-state index in [9.17, 15) is 24.0 Å². The van der Waals surface area contributed by atoms with E-state index in [1.165, 1.54) is 19.8 Å². The van der Waals surface area contributed by atoms with Crippen LogP contribution in [0.3, 0.4) is 0 Å². The third-order valence-corrected chi connectivity index (χ3v) is 11.8. The van der Waals surface area contributed by atoms with E-state index in [0.29, 0.717) is 87.0 Å². The van der Waals surface area contributed by atoms with Crippen LogP contribution >= 0.6 is 0 Å². The normalized spacial score (nSPS) is 17.2. The van der Waals surface area contributed by atoms with E-state index >= 15 is 0 Å². The number of nitrogens with one attached hydrogen (secondary N) is 4. The van der Waals surface area contributed by atoms with Gasteiger partial charge in [-0.3, -0.25) is 43.7 Å². The van der Waals surface area contributed by atoms with Crippen LogP contribution in [-0.4, -0.2) is 141 Å². The smallest absolute Gasteiger partial charge is 0.257 e. The molecule has 5 rings (SSSR count). The van der Waals surface area contributed by atoms with Gasteiger partial charge in [0.25, 0.3) is 5.91 Å². The van der Waals surface area contributed by atoms with Gasteiger partial charge in [0, 0.05) is 52.7 Å². The summed E-state index contributed by atoms with van der Waals surface area (Å²) in [4.78, 5) is 77.9. The second-order valence-electron chi connectivity index (χ2n) is 16.5. The number of amides is 5. The van der Waals surface area contributed by atoms with Crippen LogP contribution in [0.15, 0.2) is 53.5 Å². The summed E-state index contributed by atoms with van der Waals surface area (Å²) in [7, 11) is 0. The Kier molecular flexibility index (Phi) is 18.8. The molecule has 3 aliphatic heterocycles. The molecule has 5 amide bonds. The molecular weight excluding hydrogens is 777 g/mol. The van der Waals surface area contributed by atoms with Gasteiger partial charge in [-0.2, -0.15) is 0 Å². The summed E-state index contributed by atoms with van der Waals surface area (Å²) < 4.78 is 0. The zero-order valence-corrected chi connectivity index (χ0v) is 35.9. The molecule has 0 bridgehead atoms. The highest BCUT2D eigenvalue weighted by Gasteiger charge is 2.31. The molecule has 10 N–H and O–H groups in total. The highest BCUT2D eigenvalue weighted by molar-refractivity contribution is 6.18. The highest BCUT2D eigenvalue weighted by atomic mass is 16.2. The van der Waals surface area contributed by atoms with Crippen LogP contribution in [0.5, 0.6) is 0 Å². The van der Waals surface area contributed by atoms with E-state index in [2.05, 4.69) is 41.0 Å². The summed E-state index contributed by atoms with van der Waals surface area (Å²) in [6, 6.07) is 13.2. The predicted octanol–water partition coefficient (Wildman–Crippen LogP) is 1.71. The number of hydrogen-bond donors (Lipinski definition) is 7. The highest BCUT2D eigenvalue weighted by Crippen LogP contribution is 2.38. The molecule has 17 heteroatoms. The SMILES string of the molecule is CC(=O)N[C@@H](CCCCN)C(=O)N[C@@H](CCCN=C(N)N)C(=O)NCCN1CCN(CCCCC2CCN(CC(=O)N3c4ccccc4NC(=O)c4ccccc43)CC2)CC1. The molecule has 2 atom stereocenters. The topological polar surface area (TPSA) is 237 Å². The fourth-order valence-electron chi connectivity index (χ4n) is 8.44. The maximum Gasteiger partial charge on any atom is 0.257 e. The number of para-hydroxylation sites is 3. The number of anilines is 3. The van der Waals surface area contributed by atoms with Crippen LogP contribution in [0, 0.1) is 5.92 Å². The van der Waals surface area contributed by atoms with Gasteiger partial charge in [0.05, 0.1) is 29.2 Å². The number of fused-ring (bicyclic) bond motifs is 2. The standard InChI is InChI=1S/C44H68N12O5/c1-32(57)50-37(14-6-8-20-45)43(61)52-36(15-10-21-49-44(46)47)42(60)48-22-26-54-29-27-53(28-30-54)23-9-7-11-33-18-24-55(25-19-33)31-40(58)56-38-16-4-2-12-34(38)41(59)51-35-13-3-5-17-39(35)56/h2-5,12-13,16-17,33,36-37H,6-11,14-15,18-31,45H2,1H3,(H,48,60)(H,50,57)(H,51,59)(H,52,61)(H4,46,47,49)/t36-,37-/m0/s1. The summed E-state index contributed by atoms with van der Waals surface area (Å²) >= 11 is 0. The third-order valence-electron chi connectivity index (χ3n) is 11.8. The number of likely N-dealkylation sites (tertiary alicyclic amines) is 1. The molecule has 2 aromatic rings. The van der Waals surface area contributed by atoms with Crippen LogP contribution in [0.2, 0.25) is 0 Å². The molecule has 2 fully saturated rings. The van der Waals surface area contributed by atoms with E-state index < -0.39 is 18.0 Å². The lowest BCUT2D eigenvalue weighted by molar-refractivity contribution is -0.132. The zero-order chi connectivity index (χ0) is 43.6. The monoisotopic (exact) mass is 845 g/mol. The van der Waals surface area contributed by atoms with Crippen LogP contribution in [0.25, 0.3) is 0 Å². The summed E-state index contributed by atoms with van der Waals surface area (Å²) in [6.45, 7) is 10.3. The van der Waals surface area contributed by atoms with E-state index in [-0.39, 0.29) is 29.6 Å². The Morgan fingerprint density at radius 3 is 2.13 bits per heavy atom. The number of nitrogens with two attached hydrogens (primary N) is 3. The number of piperazine rings is 1. The predicted molar refractivity (Wildman–Crippen MR) is 239 cm³/mol. The molecule has 334 valence electrons. The average Bonchev–Trinajstić information content (AvgIpc) is 3.37. The molecule has 0 spiro atoms. The fourth-order valence-corrected chi connectivity index (χ4v) is 8.44. The maximum atomic E-state index is 13.9. The van der Waals surface area contributed by atoms with Crippen molar-refractivity contribution in [2.24, 2.45) is 28.1 Å². The van der Waals surface area contributed by atoms with Crippen molar-refractivity contribution in [3.05, 3.63) is 54.1 Å². The van der Waals surface area contributed by atoms with E-state index in [1.807, 2.05) is 42.5 Å². The van der Waals surface area contributed by atoms with Gasteiger partial charge in [0.15, 0.2) is 5.96 Å². The molecule has 0 radical (unpaired) electrons. The Morgan fingerprint density at radius 1 is 0.770 bits per heavy atom. The number of guanidine groups is 1. The van der Waals surface area contributed by atoms with E-state index in [0.717, 1.165) is 71.5 Å². The van der Waals surface area contributed by atoms with Gasteiger partial charge in [-0.05, 0) is 108 Å². The molecular formula is C44H68N12O5. The maximum absolute atomic E-state index is 13.9. The largest absolute Gasteiger partial charge is 0.370 e. The van der Waals surface area contributed by atoms with Crippen LogP contribution in [0.1, 0.15) is 81.5 Å². The van der Waals surface area contributed by atoms with Crippen molar-refractivity contribution in [3.8, 4) is 0 Å². The lowest BCUT2D eigenvalue weighted by atomic mass is 9.91. The Hall–Kier alpha value is -5.10. The molecule has 0 unspecified atom stereocenters. The first-order valence-electron chi connectivity index (χ1n) is 22.1. The quantitative estimate of drug-likeness (QED) is 0.0512. The summed E-state index contributed by atoms with van der Waals surface area (Å²) in [5, 5.41) is 11.5. The van der Waals surface area contributed by atoms with Gasteiger partial charge in [0.1, 0.15) is 12.1 Å². The number of unbranched alkanes of at least 4 members (excludes halogenated alkanes) is 2. The van der Waals surface area contributed by atoms with Crippen molar-refractivity contribution < 1.29 is 24.0 Å². The van der Waals surface area contributed by atoms with Gasteiger partial charge >= 0.3 is 0 Å². The minimum Gasteiger partial charge on any atom is -0.370 e. The number of rotatable bonds is 22. The molecule has 17 nitrogen and oxygen atoms in total. The summed E-state index contributed by atoms with van der Waals surface area (Å²) in [5.74, 6) is -0.616. The summed E-state index contributed by atoms with van der Waals surface area (Å²) in [6.07, 6.45) is 8.35. The van der Waals surface area contributed by atoms with Gasteiger partial charge in [-0.1, -0.05) is 37.1 Å². The average molecular weight is 845 g/mol. The second-order valence-corrected chi connectivity index (χ2v) is 16.5. The minimum atomic E-state index is -0.792. The fraction of sp³-hybridized carbons (Fsp3) is 0.591. The molecule has 61 heavy (non-hydrogen) atoms. The molecule has 2 saturated heterocycles. The number of piperidine rings is 1. The molecule has 0 aliphatic carbocycles. The minimum absolute atomic E-state index is 0.0297. The number of carbonyl (C=O) groups excluding carboxylic acids is 5. The van der Waals surface area contributed by atoms with Crippen molar-refractivity contribution in [2.75, 3.05) is 88.8 Å². The number of hydrogen-bond acceptors (Lipinski definition) is 10. The van der Waals surface area contributed by atoms with Crippen molar-refractivity contribution in [1.29, 1.82) is 0 Å². The number of benzene rings is 2. The Labute approximate surface area is 360 Å². The van der Waals surface area contributed by atoms with Gasteiger partial charge in [-0.15, -0.1) is 0 Å². The molecule has 3 heterocycles. The van der Waals surface area contributed by atoms with Crippen LogP contribution in [0.4, 0.5) is 17.1 Å². The van der Waals surface area contributed by atoms with Crippen LogP contribution in [-0.2, 0) is 19.2 Å². The molecule has 2 aromatic carbocycles. The molecule has 0 aromatic heterocycles. The zero-order valence-electron chi connectivity index (χ0n) is 35.9. The first-order valence-corrected chi connectivity index (χ1v) is 22.1. The lowest BCUT2D eigenvalue weighted by Crippen LogP contribution is -2.54. The Bertz CT molecular complexity index is 1790. The van der Waals surface area contributed by atoms with Crippen molar-refractivity contribution in [3.63, 3.8) is 0 Å². The first kappa shape index (κ1) is 47.0. The van der Waals surface area contributed by atoms with Gasteiger partial charge in [0.2, 0.25) is 23.6 Å². The number of carbonyl (C=O) groups is 5. The third kappa shape index (κ3) is 14.8. The molecule has 3 aliphatic rings. The van der Waals surface area contributed by atoms with E-state index in [4.69, 9.17) is 17.2 Å². The second kappa shape index (κ2) is 24.4. The number of aliphatic imine (C=N–C) groups is 1. The Balaban J connectivity index is 0.972. The van der Waals surface area contributed by atoms with E-state index in [1.54, 1.807) is 11.0 Å². The first-order chi connectivity index (χ1) is 29.5. The molecule has 0 saturated carbocycles. The number of nitrogens with zero attached hydrogens (tertiary/aromatic N) is 5.